The topological polar surface area (TPSA) is 9.23 Å². The molecule has 0 aromatic heterocycles. The van der Waals surface area contributed by atoms with Crippen LogP contribution in [0.2, 0.25) is 0 Å². The Morgan fingerprint density at radius 3 is 2.67 bits per heavy atom. The van der Waals surface area contributed by atoms with Gasteiger partial charge in [-0.05, 0) is 11.8 Å². The quantitative estimate of drug-likeness (QED) is 0.547. The van der Waals surface area contributed by atoms with E-state index >= 15 is 0 Å². The highest BCUT2D eigenvalue weighted by Gasteiger charge is 2.09. The Kier molecular flexibility index (Phi) is 4.33. The molecule has 1 unspecified atom stereocenters. The van der Waals surface area contributed by atoms with Crippen LogP contribution >= 0.6 is 9.41 Å². The van der Waals surface area contributed by atoms with Crippen molar-refractivity contribution in [1.29, 1.82) is 1.28 Å². The van der Waals surface area contributed by atoms with E-state index in [1.165, 1.54) is 0 Å². The zero-order valence-corrected chi connectivity index (χ0v) is 7.48. The van der Waals surface area contributed by atoms with Crippen molar-refractivity contribution in [2.45, 2.75) is 27.2 Å². The summed E-state index contributed by atoms with van der Waals surface area (Å²) in [5, 5.41) is 0. The van der Waals surface area contributed by atoms with E-state index in [4.69, 9.17) is 5.80 Å². The zero-order valence-electron chi connectivity index (χ0n) is 7.48. The zero-order chi connectivity index (χ0) is 7.98. The molecule has 0 saturated carbocycles. The van der Waals surface area contributed by atoms with Crippen molar-refractivity contribution < 1.29 is 4.52 Å². The van der Waals surface area contributed by atoms with Gasteiger partial charge in [-0.1, -0.05) is 27.2 Å². The highest BCUT2D eigenvalue weighted by atomic mass is 31.0. The van der Waals surface area contributed by atoms with Crippen molar-refractivity contribution in [2.24, 2.45) is 11.8 Å². The summed E-state index contributed by atoms with van der Waals surface area (Å²) in [7, 11) is -0.104. The van der Waals surface area contributed by atoms with Crippen LogP contribution in [0.5, 0.6) is 0 Å². The summed E-state index contributed by atoms with van der Waals surface area (Å²) >= 11 is 0. The first-order valence-corrected chi connectivity index (χ1v) is 3.91. The predicted octanol–water partition coefficient (Wildman–Crippen LogP) is 2.48. The largest absolute Gasteiger partial charge is 0.365 e. The average Bonchev–Trinajstić information content (AvgIpc) is 1.89. The normalized spacial score (nSPS) is 17.1. The molecule has 0 aliphatic rings. The van der Waals surface area contributed by atoms with E-state index in [-0.39, 0.29) is 9.41 Å². The summed E-state index contributed by atoms with van der Waals surface area (Å²) in [6.45, 7) is 7.33. The molecule has 9 heavy (non-hydrogen) atoms. The highest BCUT2D eigenvalue weighted by molar-refractivity contribution is 7.09. The Labute approximate surface area is 61.7 Å². The first-order valence-electron chi connectivity index (χ1n) is 4.00. The van der Waals surface area contributed by atoms with Gasteiger partial charge in [-0.25, -0.2) is 0 Å². The number of hydrogen-bond acceptors (Lipinski definition) is 1. The van der Waals surface area contributed by atoms with Gasteiger partial charge in [-0.15, -0.1) is 0 Å². The van der Waals surface area contributed by atoms with E-state index in [0.717, 1.165) is 13.0 Å². The molecule has 0 amide bonds. The van der Waals surface area contributed by atoms with Gasteiger partial charge < -0.3 is 4.52 Å². The molecule has 0 N–H and O–H groups in total. The molecule has 0 saturated heterocycles. The van der Waals surface area contributed by atoms with Crippen LogP contribution in [0.3, 0.4) is 0 Å². The molecular weight excluding hydrogens is 131 g/mol. The molecule has 2 atom stereocenters. The summed E-state index contributed by atoms with van der Waals surface area (Å²) in [5.41, 5.74) is 0. The molecule has 0 fully saturated rings. The van der Waals surface area contributed by atoms with Gasteiger partial charge in [0.05, 0.1) is 7.89 Å². The average molecular weight is 150 g/mol. The summed E-state index contributed by atoms with van der Waals surface area (Å²) < 4.78 is 11.9. The van der Waals surface area contributed by atoms with Crippen LogP contribution in [-0.4, -0.2) is 7.89 Å². The van der Waals surface area contributed by atoms with Crippen LogP contribution in [-0.2, 0) is 4.52 Å². The maximum atomic E-state index is 6.82. The molecule has 0 aliphatic carbocycles. The monoisotopic (exact) mass is 150 g/mol. The van der Waals surface area contributed by atoms with Crippen LogP contribution in [0.15, 0.2) is 0 Å². The van der Waals surface area contributed by atoms with E-state index in [9.17, 15) is 0 Å². The fourth-order valence-electron chi connectivity index (χ4n) is 0.889. The van der Waals surface area contributed by atoms with Gasteiger partial charge in [-0.2, -0.15) is 0 Å². The van der Waals surface area contributed by atoms with E-state index in [1.807, 2.05) is 0 Å². The van der Waals surface area contributed by atoms with Crippen molar-refractivity contribution in [3.05, 3.63) is 0 Å². The lowest BCUT2D eigenvalue weighted by atomic mass is 9.94. The predicted molar refractivity (Wildman–Crippen MR) is 44.3 cm³/mol. The summed E-state index contributed by atoms with van der Waals surface area (Å²) in [6, 6.07) is 0. The maximum absolute atomic E-state index is 6.82. The second kappa shape index (κ2) is 5.20. The Hall–Kier alpha value is 0.390. The van der Waals surface area contributed by atoms with E-state index in [1.54, 1.807) is 0 Å². The Bertz CT molecular complexity index is 78.0. The molecule has 0 aromatic carbocycles. The van der Waals surface area contributed by atoms with Crippen LogP contribution in [0.1, 0.15) is 27.2 Å². The highest BCUT2D eigenvalue weighted by Crippen LogP contribution is 2.15. The SMILES string of the molecule is [3H]POC[C@@H](CC)C(C)C. The van der Waals surface area contributed by atoms with Gasteiger partial charge in [0.15, 0.2) is 0 Å². The van der Waals surface area contributed by atoms with Crippen LogP contribution in [0.25, 0.3) is 0 Å². The third kappa shape index (κ3) is 3.89. The van der Waals surface area contributed by atoms with E-state index in [2.05, 4.69) is 20.8 Å². The molecule has 0 spiro atoms. The number of rotatable bonds is 5. The minimum absolute atomic E-state index is 0.104. The molecule has 0 aromatic rings. The van der Waals surface area contributed by atoms with E-state index in [0.29, 0.717) is 11.8 Å². The van der Waals surface area contributed by atoms with E-state index < -0.39 is 0 Å². The van der Waals surface area contributed by atoms with Crippen molar-refractivity contribution >= 4 is 9.41 Å². The molecular formula is C7H17OP. The molecule has 0 radical (unpaired) electrons. The third-order valence-corrected chi connectivity index (χ3v) is 1.93. The lowest BCUT2D eigenvalue weighted by Crippen LogP contribution is -2.11. The van der Waals surface area contributed by atoms with Gasteiger partial charge in [0.25, 0.3) is 0 Å². The summed E-state index contributed by atoms with van der Waals surface area (Å²) in [6.07, 6.45) is 1.15. The molecule has 1 nitrogen and oxygen atoms in total. The lowest BCUT2D eigenvalue weighted by molar-refractivity contribution is 0.230. The second-order valence-corrected chi connectivity index (χ2v) is 3.01. The second-order valence-electron chi connectivity index (χ2n) is 2.72. The summed E-state index contributed by atoms with van der Waals surface area (Å²) in [5.74, 6) is 1.32. The van der Waals surface area contributed by atoms with Crippen LogP contribution in [0, 0.1) is 11.8 Å². The lowest BCUT2D eigenvalue weighted by Gasteiger charge is -2.16. The smallest absolute Gasteiger partial charge is 0.0851 e. The summed E-state index contributed by atoms with van der Waals surface area (Å²) in [4.78, 5) is 0. The Morgan fingerprint density at radius 1 is 1.67 bits per heavy atom. The Balaban J connectivity index is 3.40. The van der Waals surface area contributed by atoms with Gasteiger partial charge in [0.2, 0.25) is 0 Å². The van der Waals surface area contributed by atoms with Crippen LogP contribution in [0.4, 0.5) is 0 Å². The first kappa shape index (κ1) is 7.50. The maximum Gasteiger partial charge on any atom is 0.0851 e. The van der Waals surface area contributed by atoms with Crippen molar-refractivity contribution in [3.63, 3.8) is 0 Å². The minimum Gasteiger partial charge on any atom is -0.365 e. The van der Waals surface area contributed by atoms with Crippen LogP contribution < -0.4 is 0 Å². The molecule has 0 rings (SSSR count). The Morgan fingerprint density at radius 2 is 2.33 bits per heavy atom. The van der Waals surface area contributed by atoms with Gasteiger partial charge >= 0.3 is 0 Å². The van der Waals surface area contributed by atoms with Crippen molar-refractivity contribution in [3.8, 4) is 0 Å². The fraction of sp³-hybridized carbons (Fsp3) is 1.00. The molecule has 0 bridgehead atoms. The van der Waals surface area contributed by atoms with Crippen molar-refractivity contribution in [1.82, 2.24) is 0 Å². The third-order valence-electron chi connectivity index (χ3n) is 1.76. The first-order chi connectivity index (χ1) is 4.72. The molecule has 2 heteroatoms. The molecule has 0 aliphatic heterocycles. The molecule has 56 valence electrons. The van der Waals surface area contributed by atoms with Crippen molar-refractivity contribution in [2.75, 3.05) is 6.61 Å². The fourth-order valence-corrected chi connectivity index (χ4v) is 1.10. The minimum atomic E-state index is -0.104. The van der Waals surface area contributed by atoms with Gasteiger partial charge in [0.1, 0.15) is 0 Å². The molecule has 0 heterocycles. The van der Waals surface area contributed by atoms with Gasteiger partial charge in [-0.3, -0.25) is 0 Å². The number of hydrogen-bond donors (Lipinski definition) is 0. The van der Waals surface area contributed by atoms with Gasteiger partial charge in [0, 0.05) is 9.41 Å². The standard InChI is InChI=1S/C7H17OP/c1-4-7(5-8-9)6(2)3/h6-7H,4-5,9H2,1-3H3/t7-/m1/s1/i9T/t7-,9?.